The van der Waals surface area contributed by atoms with E-state index in [9.17, 15) is 23.1 Å². The Labute approximate surface area is 198 Å². The number of carboxylic acid groups (broad SMARTS) is 1. The summed E-state index contributed by atoms with van der Waals surface area (Å²) in [4.78, 5) is 27.2. The molecular formula is C23H17IN2O5S. The SMILES string of the molecule is CN(C(=O)c1c(C(=O)O)n(S(=O)(=O)c2ccccc2)c2ccccc12)c1ccccc1I. The van der Waals surface area contributed by atoms with Crippen LogP contribution in [0.2, 0.25) is 0 Å². The molecule has 3 aromatic carbocycles. The number of amides is 1. The normalized spacial score (nSPS) is 11.4. The van der Waals surface area contributed by atoms with Crippen molar-refractivity contribution < 1.29 is 23.1 Å². The molecule has 9 heteroatoms. The maximum absolute atomic E-state index is 13.6. The molecule has 0 unspecified atom stereocenters. The number of carboxylic acids is 1. The van der Waals surface area contributed by atoms with Gasteiger partial charge in [-0.15, -0.1) is 0 Å². The van der Waals surface area contributed by atoms with E-state index in [4.69, 9.17) is 0 Å². The Morgan fingerprint density at radius 2 is 1.50 bits per heavy atom. The topological polar surface area (TPSA) is 96.7 Å². The molecule has 0 aliphatic heterocycles. The van der Waals surface area contributed by atoms with Crippen LogP contribution in [-0.2, 0) is 10.0 Å². The van der Waals surface area contributed by atoms with E-state index in [-0.39, 0.29) is 21.4 Å². The van der Waals surface area contributed by atoms with Gasteiger partial charge in [0.2, 0.25) is 0 Å². The fourth-order valence-corrected chi connectivity index (χ4v) is 5.86. The van der Waals surface area contributed by atoms with Gasteiger partial charge in [0.1, 0.15) is 0 Å². The highest BCUT2D eigenvalue weighted by Crippen LogP contribution is 2.33. The van der Waals surface area contributed by atoms with Crippen LogP contribution in [0, 0.1) is 3.57 Å². The molecule has 1 N–H and O–H groups in total. The lowest BCUT2D eigenvalue weighted by Gasteiger charge is -2.19. The van der Waals surface area contributed by atoms with Gasteiger partial charge in [0.15, 0.2) is 5.69 Å². The first-order valence-electron chi connectivity index (χ1n) is 9.45. The highest BCUT2D eigenvalue weighted by molar-refractivity contribution is 14.1. The summed E-state index contributed by atoms with van der Waals surface area (Å²) >= 11 is 2.08. The largest absolute Gasteiger partial charge is 0.477 e. The standard InChI is InChI=1S/C23H17IN2O5S/c1-25(19-14-8-6-12-17(19)24)22(27)20-16-11-5-7-13-18(16)26(21(20)23(28)29)32(30,31)15-9-3-2-4-10-15/h2-14H,1H3,(H,28,29). The molecule has 1 heterocycles. The summed E-state index contributed by atoms with van der Waals surface area (Å²) in [6.45, 7) is 0. The minimum Gasteiger partial charge on any atom is -0.477 e. The van der Waals surface area contributed by atoms with Crippen LogP contribution >= 0.6 is 22.6 Å². The summed E-state index contributed by atoms with van der Waals surface area (Å²) in [6, 6.07) is 21.0. The predicted molar refractivity (Wildman–Crippen MR) is 130 cm³/mol. The number of carbonyl (C=O) groups is 2. The van der Waals surface area contributed by atoms with E-state index in [2.05, 4.69) is 22.6 Å². The highest BCUT2D eigenvalue weighted by atomic mass is 127. The zero-order chi connectivity index (χ0) is 23.0. The second-order valence-corrected chi connectivity index (χ2v) is 9.89. The maximum atomic E-state index is 13.6. The molecular weight excluding hydrogens is 543 g/mol. The van der Waals surface area contributed by atoms with E-state index < -0.39 is 27.6 Å². The minimum absolute atomic E-state index is 0.0757. The van der Waals surface area contributed by atoms with Crippen molar-refractivity contribution in [2.24, 2.45) is 0 Å². The van der Waals surface area contributed by atoms with Crippen LogP contribution in [0.1, 0.15) is 20.8 Å². The number of halogens is 1. The first-order valence-corrected chi connectivity index (χ1v) is 12.0. The van der Waals surface area contributed by atoms with Gasteiger partial charge in [-0.3, -0.25) is 4.79 Å². The summed E-state index contributed by atoms with van der Waals surface area (Å²) in [7, 11) is -2.76. The van der Waals surface area contributed by atoms with Crippen molar-refractivity contribution in [1.29, 1.82) is 0 Å². The van der Waals surface area contributed by atoms with Crippen molar-refractivity contribution in [3.63, 3.8) is 0 Å². The molecule has 4 aromatic rings. The van der Waals surface area contributed by atoms with Crippen LogP contribution in [-0.4, -0.2) is 36.4 Å². The molecule has 7 nitrogen and oxygen atoms in total. The summed E-state index contributed by atoms with van der Waals surface area (Å²) in [5.74, 6) is -2.13. The van der Waals surface area contributed by atoms with E-state index in [0.29, 0.717) is 5.69 Å². The maximum Gasteiger partial charge on any atom is 0.354 e. The van der Waals surface area contributed by atoms with Gasteiger partial charge in [0, 0.05) is 16.0 Å². The van der Waals surface area contributed by atoms with Crippen molar-refractivity contribution in [3.8, 4) is 0 Å². The van der Waals surface area contributed by atoms with Crippen molar-refractivity contribution in [2.75, 3.05) is 11.9 Å². The zero-order valence-corrected chi connectivity index (χ0v) is 19.7. The molecule has 0 fully saturated rings. The summed E-state index contributed by atoms with van der Waals surface area (Å²) in [5, 5.41) is 10.3. The molecule has 32 heavy (non-hydrogen) atoms. The van der Waals surface area contributed by atoms with Crippen molar-refractivity contribution >= 4 is 61.1 Å². The third-order valence-corrected chi connectivity index (χ3v) is 7.69. The molecule has 0 aliphatic carbocycles. The number of aromatic nitrogens is 1. The van der Waals surface area contributed by atoms with Gasteiger partial charge in [0.05, 0.1) is 21.7 Å². The average molecular weight is 560 g/mol. The highest BCUT2D eigenvalue weighted by Gasteiger charge is 2.34. The molecule has 0 saturated carbocycles. The number of carbonyl (C=O) groups excluding carboxylic acids is 1. The van der Waals surface area contributed by atoms with Crippen LogP contribution in [0.3, 0.4) is 0 Å². The molecule has 0 atom stereocenters. The quantitative estimate of drug-likeness (QED) is 0.364. The molecule has 0 saturated heterocycles. The predicted octanol–water partition coefficient (Wildman–Crippen LogP) is 4.46. The fraction of sp³-hybridized carbons (Fsp3) is 0.0435. The van der Waals surface area contributed by atoms with Crippen molar-refractivity contribution in [1.82, 2.24) is 3.97 Å². The Kier molecular flexibility index (Phi) is 5.78. The average Bonchev–Trinajstić information content (AvgIpc) is 3.15. The van der Waals surface area contributed by atoms with Crippen LogP contribution in [0.4, 0.5) is 5.69 Å². The van der Waals surface area contributed by atoms with Gasteiger partial charge >= 0.3 is 5.97 Å². The van der Waals surface area contributed by atoms with Gasteiger partial charge in [-0.05, 0) is 52.9 Å². The molecule has 162 valence electrons. The number of para-hydroxylation sites is 2. The van der Waals surface area contributed by atoms with E-state index >= 15 is 0 Å². The molecule has 0 bridgehead atoms. The second kappa shape index (κ2) is 8.40. The molecule has 1 aromatic heterocycles. The van der Waals surface area contributed by atoms with Gasteiger partial charge < -0.3 is 10.0 Å². The van der Waals surface area contributed by atoms with Crippen LogP contribution in [0.15, 0.2) is 83.8 Å². The summed E-state index contributed by atoms with van der Waals surface area (Å²) in [5.41, 5.74) is -0.0851. The van der Waals surface area contributed by atoms with E-state index in [0.717, 1.165) is 7.54 Å². The summed E-state index contributed by atoms with van der Waals surface area (Å²) < 4.78 is 28.5. The fourth-order valence-electron chi connectivity index (χ4n) is 3.57. The number of rotatable bonds is 5. The molecule has 0 spiro atoms. The van der Waals surface area contributed by atoms with Gasteiger partial charge in [-0.25, -0.2) is 17.2 Å². The minimum atomic E-state index is -4.29. The molecule has 4 rings (SSSR count). The number of hydrogen-bond donors (Lipinski definition) is 1. The van der Waals surface area contributed by atoms with E-state index in [1.165, 1.54) is 30.1 Å². The Morgan fingerprint density at radius 3 is 2.16 bits per heavy atom. The first kappa shape index (κ1) is 22.0. The van der Waals surface area contributed by atoms with Crippen molar-refractivity contribution in [2.45, 2.75) is 4.90 Å². The number of anilines is 1. The number of fused-ring (bicyclic) bond motifs is 1. The lowest BCUT2D eigenvalue weighted by Crippen LogP contribution is -2.29. The Hall–Kier alpha value is -3.18. The van der Waals surface area contributed by atoms with Crippen molar-refractivity contribution in [3.05, 3.63) is 93.7 Å². The Morgan fingerprint density at radius 1 is 0.906 bits per heavy atom. The van der Waals surface area contributed by atoms with E-state index in [1.54, 1.807) is 48.5 Å². The van der Waals surface area contributed by atoms with E-state index in [1.807, 2.05) is 12.1 Å². The second-order valence-electron chi connectivity index (χ2n) is 6.94. The smallest absolute Gasteiger partial charge is 0.354 e. The van der Waals surface area contributed by atoms with Crippen LogP contribution in [0.5, 0.6) is 0 Å². The third kappa shape index (κ3) is 3.56. The number of nitrogens with zero attached hydrogens (tertiary/aromatic N) is 2. The Bertz CT molecular complexity index is 1460. The third-order valence-electron chi connectivity index (χ3n) is 5.05. The Balaban J connectivity index is 2.04. The number of aromatic carboxylic acids is 1. The number of benzene rings is 3. The molecule has 0 aliphatic rings. The van der Waals surface area contributed by atoms with Gasteiger partial charge in [0.25, 0.3) is 15.9 Å². The van der Waals surface area contributed by atoms with Gasteiger partial charge in [-0.2, -0.15) is 0 Å². The first-order chi connectivity index (χ1) is 15.2. The van der Waals surface area contributed by atoms with Gasteiger partial charge in [-0.1, -0.05) is 48.5 Å². The molecule has 0 radical (unpaired) electrons. The zero-order valence-electron chi connectivity index (χ0n) is 16.8. The lowest BCUT2D eigenvalue weighted by atomic mass is 10.1. The van der Waals surface area contributed by atoms with Crippen LogP contribution in [0.25, 0.3) is 10.9 Å². The number of hydrogen-bond acceptors (Lipinski definition) is 4. The van der Waals surface area contributed by atoms with Crippen LogP contribution < -0.4 is 4.90 Å². The molecule has 1 amide bonds. The summed E-state index contributed by atoms with van der Waals surface area (Å²) in [6.07, 6.45) is 0. The lowest BCUT2D eigenvalue weighted by molar-refractivity contribution is 0.0685. The monoisotopic (exact) mass is 560 g/mol.